The van der Waals surface area contributed by atoms with Gasteiger partial charge in [0.25, 0.3) is 0 Å². The van der Waals surface area contributed by atoms with Crippen molar-refractivity contribution in [2.75, 3.05) is 0 Å². The monoisotopic (exact) mass is 47.0 g/mol. The Balaban J connectivity index is 0. The minimum absolute atomic E-state index is 0. The summed E-state index contributed by atoms with van der Waals surface area (Å²) in [6.07, 6.45) is 0. The maximum Gasteiger partial charge on any atom is 1.00 e. The summed E-state index contributed by atoms with van der Waals surface area (Å²) in [6.45, 7) is 5.72. The van der Waals surface area contributed by atoms with Crippen LogP contribution in [0, 0.1) is 13.6 Å². The van der Waals surface area contributed by atoms with E-state index in [1.54, 1.807) is 0 Å². The quantitative estimate of drug-likeness (QED) is 0.214. The summed E-state index contributed by atoms with van der Waals surface area (Å²) in [5.74, 6) is 0. The number of rotatable bonds is 0. The first-order chi connectivity index (χ1) is 1.41. The second-order valence-electron chi connectivity index (χ2n) is 0.158. The zero-order valence-electron chi connectivity index (χ0n) is 2.65. The molecule has 0 aromatic heterocycles. The van der Waals surface area contributed by atoms with Crippen molar-refractivity contribution in [3.8, 4) is 0 Å². The standard InChI is InChI=1S/C2H2N.Li/c1-3-2;/h1H2;/q-1;+1. The molecule has 0 heterocycles. The molecule has 0 aliphatic rings. The van der Waals surface area contributed by atoms with Crippen molar-refractivity contribution in [1.82, 2.24) is 0 Å². The van der Waals surface area contributed by atoms with E-state index in [1.165, 1.54) is 0 Å². The zero-order valence-corrected chi connectivity index (χ0v) is 2.65. The fourth-order valence-corrected chi connectivity index (χ4v) is 0. The van der Waals surface area contributed by atoms with Crippen molar-refractivity contribution in [3.05, 3.63) is 18.5 Å². The molecule has 0 rings (SSSR count). The molecule has 0 N–H and O–H groups in total. The molecule has 0 unspecified atom stereocenters. The molecule has 16 valence electrons. The van der Waals surface area contributed by atoms with E-state index >= 15 is 0 Å². The van der Waals surface area contributed by atoms with Crippen LogP contribution >= 0.6 is 0 Å². The Morgan fingerprint density at radius 2 is 1.75 bits per heavy atom. The molecule has 0 saturated carbocycles. The zero-order chi connectivity index (χ0) is 2.71. The topological polar surface area (TPSA) is 4.36 Å². The van der Waals surface area contributed by atoms with Crippen LogP contribution in [0.25, 0.3) is 4.85 Å². The first-order valence-electron chi connectivity index (χ1n) is 0.540. The van der Waals surface area contributed by atoms with E-state index in [0.29, 0.717) is 0 Å². The molecule has 4 heavy (non-hydrogen) atoms. The predicted molar refractivity (Wildman–Crippen MR) is 12.0 cm³/mol. The number of nitrogens with zero attached hydrogens (tertiary/aromatic N) is 1. The van der Waals surface area contributed by atoms with E-state index in [0.717, 1.165) is 0 Å². The fraction of sp³-hybridized carbons (Fsp3) is 0. The normalized spacial score (nSPS) is 1.75. The Kier molecular flexibility index (Phi) is 27.9. The third-order valence-corrected chi connectivity index (χ3v) is 0. The van der Waals surface area contributed by atoms with Crippen molar-refractivity contribution >= 4 is 0 Å². The summed E-state index contributed by atoms with van der Waals surface area (Å²) < 4.78 is 0. The minimum Gasteiger partial charge on any atom is -0.464 e. The molecule has 0 atom stereocenters. The van der Waals surface area contributed by atoms with Gasteiger partial charge in [-0.15, -0.1) is 0 Å². The van der Waals surface area contributed by atoms with Gasteiger partial charge in [0.1, 0.15) is 0 Å². The van der Waals surface area contributed by atoms with Gasteiger partial charge in [0.05, 0.1) is 0 Å². The van der Waals surface area contributed by atoms with Gasteiger partial charge in [0.15, 0.2) is 0 Å². The van der Waals surface area contributed by atoms with Crippen LogP contribution in [0.4, 0.5) is 0 Å². The van der Waals surface area contributed by atoms with Crippen LogP contribution in [0.3, 0.4) is 0 Å². The van der Waals surface area contributed by atoms with Gasteiger partial charge in [0.2, 0.25) is 0 Å². The van der Waals surface area contributed by atoms with Gasteiger partial charge in [-0.05, 0) is 0 Å². The second kappa shape index (κ2) is 12.4. The maximum atomic E-state index is 5.72. The Morgan fingerprint density at radius 1 is 1.75 bits per heavy atom. The molecule has 0 amide bonds. The molecule has 0 aliphatic carbocycles. The number of hydrogen-bond acceptors (Lipinski definition) is 0. The van der Waals surface area contributed by atoms with Gasteiger partial charge < -0.3 is 4.85 Å². The van der Waals surface area contributed by atoms with E-state index in [2.05, 4.69) is 11.9 Å². The van der Waals surface area contributed by atoms with Gasteiger partial charge in [-0.1, -0.05) is 7.05 Å². The van der Waals surface area contributed by atoms with E-state index in [9.17, 15) is 0 Å². The Bertz CT molecular complexity index is 27.5. The second-order valence-corrected chi connectivity index (χ2v) is 0.158. The smallest absolute Gasteiger partial charge is 0.464 e. The molecule has 0 bridgehead atoms. The van der Waals surface area contributed by atoms with Gasteiger partial charge in [0, 0.05) is 0 Å². The first-order valence-corrected chi connectivity index (χ1v) is 0.540. The van der Waals surface area contributed by atoms with E-state index in [-0.39, 0.29) is 18.9 Å². The van der Waals surface area contributed by atoms with Crippen LogP contribution in [-0.2, 0) is 0 Å². The average molecular weight is 47.0 g/mol. The van der Waals surface area contributed by atoms with Crippen LogP contribution < -0.4 is 18.9 Å². The largest absolute Gasteiger partial charge is 1.00 e. The third-order valence-electron chi connectivity index (χ3n) is 0. The molecular weight excluding hydrogens is 45.0 g/mol. The molecule has 1 nitrogen and oxygen atoms in total. The summed E-state index contributed by atoms with van der Waals surface area (Å²) >= 11 is 0. The molecule has 0 aliphatic heterocycles. The summed E-state index contributed by atoms with van der Waals surface area (Å²) in [7, 11) is 2.78. The van der Waals surface area contributed by atoms with Crippen LogP contribution in [0.5, 0.6) is 0 Å². The van der Waals surface area contributed by atoms with Crippen molar-refractivity contribution in [1.29, 1.82) is 0 Å². The number of hydrogen-bond donors (Lipinski definition) is 0. The molecule has 0 radical (unpaired) electrons. The van der Waals surface area contributed by atoms with Gasteiger partial charge in [-0.2, -0.15) is 0 Å². The van der Waals surface area contributed by atoms with E-state index < -0.39 is 0 Å². The van der Waals surface area contributed by atoms with Gasteiger partial charge in [-0.25, -0.2) is 0 Å². The van der Waals surface area contributed by atoms with Crippen LogP contribution in [0.1, 0.15) is 0 Å². The van der Waals surface area contributed by atoms with Crippen molar-refractivity contribution in [2.45, 2.75) is 0 Å². The fourth-order valence-electron chi connectivity index (χ4n) is 0. The van der Waals surface area contributed by atoms with Crippen molar-refractivity contribution in [3.63, 3.8) is 0 Å². The van der Waals surface area contributed by atoms with Gasteiger partial charge in [-0.3, -0.25) is 6.57 Å². The van der Waals surface area contributed by atoms with Crippen molar-refractivity contribution in [2.24, 2.45) is 0 Å². The van der Waals surface area contributed by atoms with Crippen LogP contribution in [0.15, 0.2) is 0 Å². The van der Waals surface area contributed by atoms with E-state index in [1.807, 2.05) is 0 Å². The Labute approximate surface area is 38.0 Å². The molecule has 0 fully saturated rings. The summed E-state index contributed by atoms with van der Waals surface area (Å²) in [4.78, 5) is 2.50. The van der Waals surface area contributed by atoms with E-state index in [4.69, 9.17) is 6.57 Å². The summed E-state index contributed by atoms with van der Waals surface area (Å²) in [5, 5.41) is 0. The predicted octanol–water partition coefficient (Wildman–Crippen LogP) is -2.30. The molecule has 0 spiro atoms. The average Bonchev–Trinajstić information content (AvgIpc) is 0.918. The maximum absolute atomic E-state index is 5.72. The third kappa shape index (κ3) is 989. The summed E-state index contributed by atoms with van der Waals surface area (Å²) in [6, 6.07) is 0. The Hall–Kier alpha value is -0.0426. The summed E-state index contributed by atoms with van der Waals surface area (Å²) in [5.41, 5.74) is 0. The minimum atomic E-state index is 0. The Morgan fingerprint density at radius 3 is 1.75 bits per heavy atom. The van der Waals surface area contributed by atoms with Crippen molar-refractivity contribution < 1.29 is 18.9 Å². The van der Waals surface area contributed by atoms with Gasteiger partial charge >= 0.3 is 18.9 Å². The molecule has 2 heteroatoms. The molecule has 0 saturated heterocycles. The molecular formula is C2H2LiN. The SMILES string of the molecule is [C-]#[N+][CH2-].[Li+]. The van der Waals surface area contributed by atoms with Crippen LogP contribution in [0.2, 0.25) is 0 Å². The molecule has 0 aromatic rings. The van der Waals surface area contributed by atoms with Crippen LogP contribution in [-0.4, -0.2) is 0 Å². The first kappa shape index (κ1) is 9.03. The molecule has 0 aromatic carbocycles.